The van der Waals surface area contributed by atoms with Crippen LogP contribution in [0.25, 0.3) is 11.2 Å². The largest absolute Gasteiger partial charge is 0.368 e. The van der Waals surface area contributed by atoms with Gasteiger partial charge in [-0.3, -0.25) is 4.98 Å². The Bertz CT molecular complexity index is 396. The fourth-order valence-electron chi connectivity index (χ4n) is 1.16. The molecule has 0 aromatic carbocycles. The van der Waals surface area contributed by atoms with Crippen molar-refractivity contribution in [1.82, 2.24) is 19.9 Å². The molecule has 65 valence electrons. The summed E-state index contributed by atoms with van der Waals surface area (Å²) in [4.78, 5) is 15.0. The number of hydrogen-bond donors (Lipinski definition) is 1. The monoisotopic (exact) mass is 250 g/mol. The van der Waals surface area contributed by atoms with Gasteiger partial charge in [0.25, 0.3) is 0 Å². The number of nitrogens with zero attached hydrogens (tertiary/aromatic N) is 3. The summed E-state index contributed by atoms with van der Waals surface area (Å²) in [5.41, 5.74) is 2.58. The quantitative estimate of drug-likeness (QED) is 0.775. The van der Waals surface area contributed by atoms with Gasteiger partial charge in [-0.15, -0.1) is 0 Å². The Balaban J connectivity index is 0.000000845. The van der Waals surface area contributed by atoms with E-state index in [4.69, 9.17) is 0 Å². The van der Waals surface area contributed by atoms with Gasteiger partial charge in [-0.2, -0.15) is 0 Å². The van der Waals surface area contributed by atoms with Crippen molar-refractivity contribution in [2.24, 2.45) is 0 Å². The molecule has 0 atom stereocenters. The summed E-state index contributed by atoms with van der Waals surface area (Å²) in [7, 11) is 0. The van der Waals surface area contributed by atoms with Crippen LogP contribution in [0.2, 0.25) is 0 Å². The summed E-state index contributed by atoms with van der Waals surface area (Å²) >= 11 is 0. The first-order chi connectivity index (χ1) is 5.79. The van der Waals surface area contributed by atoms with Crippen molar-refractivity contribution >= 4 is 11.2 Å². The van der Waals surface area contributed by atoms with E-state index in [0.29, 0.717) is 11.6 Å². The van der Waals surface area contributed by atoms with E-state index in [-0.39, 0.29) is 32.7 Å². The molecule has 0 fully saturated rings. The van der Waals surface area contributed by atoms with Crippen molar-refractivity contribution in [1.29, 1.82) is 0 Å². The van der Waals surface area contributed by atoms with Crippen LogP contribution in [0.4, 0.5) is 0 Å². The van der Waals surface area contributed by atoms with Gasteiger partial charge in [-0.25, -0.2) is 0 Å². The van der Waals surface area contributed by atoms with E-state index in [9.17, 15) is 0 Å². The van der Waals surface area contributed by atoms with E-state index in [1.165, 1.54) is 0 Å². The smallest absolute Gasteiger partial charge is 0.0790 e. The van der Waals surface area contributed by atoms with Crippen LogP contribution >= 0.6 is 0 Å². The van der Waals surface area contributed by atoms with Crippen LogP contribution in [0.15, 0.2) is 6.33 Å². The van der Waals surface area contributed by atoms with Gasteiger partial charge in [0, 0.05) is 39.0 Å². The van der Waals surface area contributed by atoms with Crippen LogP contribution in [0.3, 0.4) is 0 Å². The van der Waals surface area contributed by atoms with Gasteiger partial charge in [-0.1, -0.05) is 13.8 Å². The average Bonchev–Trinajstić information content (AvgIpc) is 2.49. The van der Waals surface area contributed by atoms with E-state index in [1.807, 2.05) is 0 Å². The zero-order valence-electron chi connectivity index (χ0n) is 7.57. The molecule has 0 saturated carbocycles. The van der Waals surface area contributed by atoms with Crippen molar-refractivity contribution in [3.63, 3.8) is 0 Å². The van der Waals surface area contributed by atoms with Crippen LogP contribution in [-0.4, -0.2) is 19.9 Å². The van der Waals surface area contributed by atoms with E-state index in [1.54, 1.807) is 6.33 Å². The van der Waals surface area contributed by atoms with Crippen molar-refractivity contribution in [3.05, 3.63) is 18.3 Å². The van der Waals surface area contributed by atoms with Gasteiger partial charge >= 0.3 is 0 Å². The van der Waals surface area contributed by atoms with Crippen molar-refractivity contribution in [3.8, 4) is 0 Å². The molecular weight excluding hydrogens is 241 g/mol. The Morgan fingerprint density at radius 1 is 1.38 bits per heavy atom. The Labute approximate surface area is 101 Å². The van der Waals surface area contributed by atoms with Gasteiger partial charge in [0.1, 0.15) is 0 Å². The third-order valence-electron chi connectivity index (χ3n) is 1.75. The Kier molecular flexibility index (Phi) is 3.50. The van der Waals surface area contributed by atoms with E-state index in [2.05, 4.69) is 40.1 Å². The average molecular weight is 250 g/mol. The number of nitrogens with one attached hydrogen (secondary N) is 1. The predicted octanol–water partition coefficient (Wildman–Crippen LogP) is 1.27. The number of H-pyrrole nitrogens is 1. The minimum absolute atomic E-state index is 0. The maximum Gasteiger partial charge on any atom is 0.0790 e. The SMILES string of the molecule is CC(C)c1n[c-]nc2nc[nH]c12.[Y]. The molecule has 0 saturated heterocycles. The summed E-state index contributed by atoms with van der Waals surface area (Å²) in [6.07, 6.45) is 4.21. The van der Waals surface area contributed by atoms with Gasteiger partial charge in [0.2, 0.25) is 0 Å². The Morgan fingerprint density at radius 2 is 2.15 bits per heavy atom. The number of fused-ring (bicyclic) bond motifs is 1. The molecule has 0 aliphatic heterocycles. The van der Waals surface area contributed by atoms with Crippen LogP contribution in [0.1, 0.15) is 25.5 Å². The zero-order chi connectivity index (χ0) is 8.55. The first-order valence-corrected chi connectivity index (χ1v) is 3.86. The fourth-order valence-corrected chi connectivity index (χ4v) is 1.16. The summed E-state index contributed by atoms with van der Waals surface area (Å²) in [6.45, 7) is 4.16. The number of aromatic nitrogens is 4. The molecule has 5 heteroatoms. The maximum atomic E-state index is 4.07. The van der Waals surface area contributed by atoms with Crippen LogP contribution in [-0.2, 0) is 32.7 Å². The number of rotatable bonds is 1. The van der Waals surface area contributed by atoms with Crippen molar-refractivity contribution < 1.29 is 32.7 Å². The van der Waals surface area contributed by atoms with Gasteiger partial charge < -0.3 is 15.0 Å². The Hall–Kier alpha value is -0.346. The second-order valence-corrected chi connectivity index (χ2v) is 2.96. The van der Waals surface area contributed by atoms with E-state index in [0.717, 1.165) is 11.2 Å². The van der Waals surface area contributed by atoms with Crippen LogP contribution in [0, 0.1) is 6.33 Å². The number of aromatic amines is 1. The fraction of sp³-hybridized carbons (Fsp3) is 0.375. The maximum absolute atomic E-state index is 4.07. The van der Waals surface area contributed by atoms with Crippen molar-refractivity contribution in [2.45, 2.75) is 19.8 Å². The molecule has 4 nitrogen and oxygen atoms in total. The molecule has 0 amide bonds. The molecule has 0 aliphatic rings. The molecule has 1 radical (unpaired) electrons. The van der Waals surface area contributed by atoms with Crippen LogP contribution < -0.4 is 0 Å². The Morgan fingerprint density at radius 3 is 2.85 bits per heavy atom. The predicted molar refractivity (Wildman–Crippen MR) is 44.6 cm³/mol. The van der Waals surface area contributed by atoms with E-state index >= 15 is 0 Å². The molecule has 2 aromatic heterocycles. The number of hydrogen-bond acceptors (Lipinski definition) is 3. The van der Waals surface area contributed by atoms with E-state index < -0.39 is 0 Å². The second kappa shape index (κ2) is 4.24. The first kappa shape index (κ1) is 10.7. The van der Waals surface area contributed by atoms with Crippen LogP contribution in [0.5, 0.6) is 0 Å². The third kappa shape index (κ3) is 1.94. The van der Waals surface area contributed by atoms with Crippen molar-refractivity contribution in [2.75, 3.05) is 0 Å². The molecule has 0 bridgehead atoms. The van der Waals surface area contributed by atoms with Gasteiger partial charge in [-0.05, 0) is 17.1 Å². The summed E-state index contributed by atoms with van der Waals surface area (Å²) in [5.74, 6) is 0.368. The van der Waals surface area contributed by atoms with Gasteiger partial charge in [0.15, 0.2) is 0 Å². The first-order valence-electron chi connectivity index (χ1n) is 3.86. The van der Waals surface area contributed by atoms with Gasteiger partial charge in [0.05, 0.1) is 12.0 Å². The molecule has 2 heterocycles. The molecule has 2 rings (SSSR count). The number of imidazole rings is 1. The molecule has 13 heavy (non-hydrogen) atoms. The zero-order valence-corrected chi connectivity index (χ0v) is 10.4. The molecule has 0 spiro atoms. The molecule has 0 aliphatic carbocycles. The third-order valence-corrected chi connectivity index (χ3v) is 1.75. The molecular formula is C8H9N4Y-. The summed E-state index contributed by atoms with van der Waals surface area (Å²) in [6, 6.07) is 0. The second-order valence-electron chi connectivity index (χ2n) is 2.96. The minimum atomic E-state index is 0. The molecule has 1 N–H and O–H groups in total. The molecule has 0 unspecified atom stereocenters. The topological polar surface area (TPSA) is 54.5 Å². The summed E-state index contributed by atoms with van der Waals surface area (Å²) in [5, 5.41) is 0. The molecule has 2 aromatic rings. The normalized spacial score (nSPS) is 10.4. The minimum Gasteiger partial charge on any atom is -0.368 e. The summed E-state index contributed by atoms with van der Waals surface area (Å²) < 4.78 is 0. The standard InChI is InChI=1S/C8H9N4.Y/c1-5(2)6-7-8(11-3-9-6)12-4-10-7;/h4-5H,1-2H3,(H,9,10,11,12);/q-1;.